The van der Waals surface area contributed by atoms with E-state index in [2.05, 4.69) is 15.6 Å². The van der Waals surface area contributed by atoms with Crippen molar-refractivity contribution >= 4 is 12.0 Å². The molecule has 10 heteroatoms. The number of urea groups is 1. The maximum absolute atomic E-state index is 13.6. The van der Waals surface area contributed by atoms with Gasteiger partial charge in [-0.05, 0) is 65.1 Å². The molecule has 0 aliphatic carbocycles. The molecule has 3 rings (SSSR count). The highest BCUT2D eigenvalue weighted by Crippen LogP contribution is 2.40. The van der Waals surface area contributed by atoms with Gasteiger partial charge in [0.25, 0.3) is 0 Å². The number of nitrogens with one attached hydrogen (secondary N) is 2. The van der Waals surface area contributed by atoms with E-state index in [1.54, 1.807) is 49.6 Å². The second-order valence-corrected chi connectivity index (χ2v) is 8.05. The average Bonchev–Trinajstić information content (AvgIpc) is 2.85. The summed E-state index contributed by atoms with van der Waals surface area (Å²) < 4.78 is 46.2. The van der Waals surface area contributed by atoms with E-state index in [0.717, 1.165) is 17.7 Å². The summed E-state index contributed by atoms with van der Waals surface area (Å²) in [7, 11) is 1.42. The topological polar surface area (TPSA) is 101 Å². The van der Waals surface area contributed by atoms with Crippen LogP contribution in [0.2, 0.25) is 0 Å². The molecule has 0 bridgehead atoms. The number of rotatable bonds is 9. The fourth-order valence-corrected chi connectivity index (χ4v) is 3.81. The van der Waals surface area contributed by atoms with Crippen molar-refractivity contribution in [1.29, 1.82) is 0 Å². The van der Waals surface area contributed by atoms with E-state index < -0.39 is 29.8 Å². The standard InChI is InChI=1S/C26H26F3N3O4/c1-3-22(32-25(35)31-15-16-8-10-30-11-9-16)20-14-18(26(27,28)29)5-6-19(20)21-12-17(13-24(33)34)4-7-23(21)36-2/h4-12,14,22H,3,13,15H2,1-2H3,(H,33,34)(H2,31,32,35). The van der Waals surface area contributed by atoms with Gasteiger partial charge in [-0.25, -0.2) is 4.79 Å². The largest absolute Gasteiger partial charge is 0.496 e. The maximum atomic E-state index is 13.6. The van der Waals surface area contributed by atoms with E-state index >= 15 is 0 Å². The van der Waals surface area contributed by atoms with Crippen molar-refractivity contribution in [2.75, 3.05) is 7.11 Å². The van der Waals surface area contributed by atoms with Crippen molar-refractivity contribution < 1.29 is 32.6 Å². The lowest BCUT2D eigenvalue weighted by Gasteiger charge is -2.24. The number of nitrogens with zero attached hydrogens (tertiary/aromatic N) is 1. The number of benzene rings is 2. The van der Waals surface area contributed by atoms with Crippen molar-refractivity contribution in [2.24, 2.45) is 0 Å². The Labute approximate surface area is 206 Å². The quantitative estimate of drug-likeness (QED) is 0.367. The van der Waals surface area contributed by atoms with Crippen LogP contribution in [-0.2, 0) is 23.9 Å². The van der Waals surface area contributed by atoms with Gasteiger partial charge in [-0.3, -0.25) is 9.78 Å². The number of hydrogen-bond acceptors (Lipinski definition) is 4. The van der Waals surface area contributed by atoms with Crippen molar-refractivity contribution in [2.45, 2.75) is 38.5 Å². The molecule has 36 heavy (non-hydrogen) atoms. The van der Waals surface area contributed by atoms with Crippen LogP contribution in [0.4, 0.5) is 18.0 Å². The van der Waals surface area contributed by atoms with E-state index in [1.165, 1.54) is 13.2 Å². The molecule has 1 unspecified atom stereocenters. The molecule has 2 aromatic carbocycles. The summed E-state index contributed by atoms with van der Waals surface area (Å²) in [5, 5.41) is 14.6. The summed E-state index contributed by atoms with van der Waals surface area (Å²) in [5.74, 6) is -0.681. The van der Waals surface area contributed by atoms with Crippen LogP contribution in [0.15, 0.2) is 60.9 Å². The van der Waals surface area contributed by atoms with Crippen LogP contribution in [0, 0.1) is 0 Å². The van der Waals surface area contributed by atoms with E-state index in [1.807, 2.05) is 0 Å². The monoisotopic (exact) mass is 501 g/mol. The molecule has 3 N–H and O–H groups in total. The molecule has 3 aromatic rings. The second kappa shape index (κ2) is 11.6. The highest BCUT2D eigenvalue weighted by atomic mass is 19.4. The molecule has 0 radical (unpaired) electrons. The molecule has 0 saturated heterocycles. The predicted molar refractivity (Wildman–Crippen MR) is 127 cm³/mol. The number of amides is 2. The highest BCUT2D eigenvalue weighted by Gasteiger charge is 2.32. The minimum Gasteiger partial charge on any atom is -0.496 e. The first-order chi connectivity index (χ1) is 17.1. The Bertz CT molecular complexity index is 1220. The number of carboxylic acids is 1. The van der Waals surface area contributed by atoms with E-state index in [4.69, 9.17) is 4.74 Å². The van der Waals surface area contributed by atoms with Crippen molar-refractivity contribution in [3.8, 4) is 16.9 Å². The predicted octanol–water partition coefficient (Wildman–Crippen LogP) is 5.35. The van der Waals surface area contributed by atoms with Gasteiger partial charge >= 0.3 is 18.2 Å². The molecule has 2 amide bonds. The van der Waals surface area contributed by atoms with Gasteiger partial charge < -0.3 is 20.5 Å². The molecule has 1 aromatic heterocycles. The first kappa shape index (κ1) is 26.5. The van der Waals surface area contributed by atoms with Gasteiger partial charge in [-0.1, -0.05) is 19.1 Å². The van der Waals surface area contributed by atoms with Gasteiger partial charge in [0.1, 0.15) is 5.75 Å². The molecule has 0 aliphatic rings. The number of carbonyl (C=O) groups excluding carboxylic acids is 1. The first-order valence-corrected chi connectivity index (χ1v) is 11.2. The highest BCUT2D eigenvalue weighted by molar-refractivity contribution is 5.79. The third kappa shape index (κ3) is 6.74. The minimum atomic E-state index is -4.59. The number of carboxylic acid groups (broad SMARTS) is 1. The fraction of sp³-hybridized carbons (Fsp3) is 0.269. The van der Waals surface area contributed by atoms with Crippen LogP contribution < -0.4 is 15.4 Å². The molecule has 7 nitrogen and oxygen atoms in total. The van der Waals surface area contributed by atoms with Gasteiger partial charge in [0.05, 0.1) is 25.1 Å². The Kier molecular flexibility index (Phi) is 8.52. The zero-order valence-corrected chi connectivity index (χ0v) is 19.7. The van der Waals surface area contributed by atoms with Gasteiger partial charge in [-0.15, -0.1) is 0 Å². The molecule has 1 atom stereocenters. The zero-order valence-electron chi connectivity index (χ0n) is 19.7. The smallest absolute Gasteiger partial charge is 0.416 e. The van der Waals surface area contributed by atoms with Crippen molar-refractivity contribution in [3.63, 3.8) is 0 Å². The van der Waals surface area contributed by atoms with Gasteiger partial charge in [-0.2, -0.15) is 13.2 Å². The third-order valence-corrected chi connectivity index (χ3v) is 5.58. The molecule has 190 valence electrons. The lowest BCUT2D eigenvalue weighted by atomic mass is 9.90. The lowest BCUT2D eigenvalue weighted by molar-refractivity contribution is -0.138. The van der Waals surface area contributed by atoms with Gasteiger partial charge in [0, 0.05) is 24.5 Å². The number of ether oxygens (including phenoxy) is 1. The van der Waals surface area contributed by atoms with Crippen LogP contribution in [0.1, 0.15) is 41.6 Å². The Hall–Kier alpha value is -4.08. The number of methoxy groups -OCH3 is 1. The Balaban J connectivity index is 2.01. The summed E-state index contributed by atoms with van der Waals surface area (Å²) in [4.78, 5) is 27.8. The second-order valence-electron chi connectivity index (χ2n) is 8.05. The molecular weight excluding hydrogens is 475 g/mol. The zero-order chi connectivity index (χ0) is 26.3. The number of hydrogen-bond donors (Lipinski definition) is 3. The minimum absolute atomic E-state index is 0.214. The number of halogens is 3. The lowest BCUT2D eigenvalue weighted by Crippen LogP contribution is -2.37. The van der Waals surface area contributed by atoms with E-state index in [-0.39, 0.29) is 18.5 Å². The summed E-state index contributed by atoms with van der Waals surface area (Å²) in [5.41, 5.74) is 1.47. The van der Waals surface area contributed by atoms with Crippen molar-refractivity contribution in [3.05, 3.63) is 83.2 Å². The summed E-state index contributed by atoms with van der Waals surface area (Å²) in [6.45, 7) is 1.96. The summed E-state index contributed by atoms with van der Waals surface area (Å²) in [6, 6.07) is 10.2. The third-order valence-electron chi connectivity index (χ3n) is 5.58. The van der Waals surface area contributed by atoms with E-state index in [0.29, 0.717) is 28.9 Å². The van der Waals surface area contributed by atoms with Crippen LogP contribution in [-0.4, -0.2) is 29.2 Å². The molecule has 0 saturated carbocycles. The SMILES string of the molecule is CCC(NC(=O)NCc1ccncc1)c1cc(C(F)(F)F)ccc1-c1cc(CC(=O)O)ccc1OC. The number of aliphatic carboxylic acids is 1. The fourth-order valence-electron chi connectivity index (χ4n) is 3.81. The Morgan fingerprint density at radius 2 is 1.75 bits per heavy atom. The normalized spacial score (nSPS) is 12.0. The van der Waals surface area contributed by atoms with Gasteiger partial charge in [0.2, 0.25) is 0 Å². The number of carbonyl (C=O) groups is 2. The summed E-state index contributed by atoms with van der Waals surface area (Å²) >= 11 is 0. The molecule has 0 spiro atoms. The first-order valence-electron chi connectivity index (χ1n) is 11.2. The number of pyridine rings is 1. The molecule has 1 heterocycles. The van der Waals surface area contributed by atoms with Gasteiger partial charge in [0.15, 0.2) is 0 Å². The maximum Gasteiger partial charge on any atom is 0.416 e. The number of aromatic nitrogens is 1. The Morgan fingerprint density at radius 1 is 1.03 bits per heavy atom. The van der Waals surface area contributed by atoms with Crippen LogP contribution in [0.3, 0.4) is 0 Å². The van der Waals surface area contributed by atoms with Crippen molar-refractivity contribution in [1.82, 2.24) is 15.6 Å². The Morgan fingerprint density at radius 3 is 2.36 bits per heavy atom. The van der Waals surface area contributed by atoms with Crippen LogP contribution in [0.25, 0.3) is 11.1 Å². The van der Waals surface area contributed by atoms with Crippen LogP contribution in [0.5, 0.6) is 5.75 Å². The molecule has 0 aliphatic heterocycles. The molecule has 0 fully saturated rings. The van der Waals surface area contributed by atoms with Crippen LogP contribution >= 0.6 is 0 Å². The van der Waals surface area contributed by atoms with E-state index in [9.17, 15) is 27.9 Å². The summed E-state index contributed by atoms with van der Waals surface area (Å²) in [6.07, 6.45) is -1.38. The molecular formula is C26H26F3N3O4. The number of alkyl halides is 3. The average molecular weight is 502 g/mol.